The Morgan fingerprint density at radius 3 is 3.11 bits per heavy atom. The minimum atomic E-state index is -1.44. The number of hydrogen-bond donors (Lipinski definition) is 3. The van der Waals surface area contributed by atoms with Crippen molar-refractivity contribution < 1.29 is 24.1 Å². The van der Waals surface area contributed by atoms with Crippen LogP contribution < -0.4 is 5.32 Å². The monoisotopic (exact) mass is 273 g/mol. The lowest BCUT2D eigenvalue weighted by Crippen LogP contribution is -2.53. The number of nitrogens with zero attached hydrogens (tertiary/aromatic N) is 4. The summed E-state index contributed by atoms with van der Waals surface area (Å²) < 4.78 is 18.5. The quantitative estimate of drug-likeness (QED) is 0.355. The van der Waals surface area contributed by atoms with Crippen LogP contribution in [0.1, 0.15) is 6.42 Å². The highest BCUT2D eigenvalue weighted by Gasteiger charge is 2.40. The molecule has 2 rings (SSSR count). The molecule has 4 atom stereocenters. The standard InChI is InChI=1S/C9H12FN5O4/c10-4-2-15(9(18)12-8(4)17)7-1-5(13-14-11)6(3-16)19-7/h2,5-7,9,16,18H,1,3H2,(H,12,17). The fourth-order valence-electron chi connectivity index (χ4n) is 2.01. The highest BCUT2D eigenvalue weighted by atomic mass is 19.1. The molecule has 2 heterocycles. The van der Waals surface area contributed by atoms with Crippen LogP contribution in [-0.2, 0) is 9.53 Å². The van der Waals surface area contributed by atoms with Gasteiger partial charge in [-0.1, -0.05) is 5.11 Å². The number of aliphatic hydroxyl groups is 2. The van der Waals surface area contributed by atoms with Gasteiger partial charge in [0.2, 0.25) is 12.2 Å². The van der Waals surface area contributed by atoms with E-state index in [1.54, 1.807) is 0 Å². The van der Waals surface area contributed by atoms with Crippen molar-refractivity contribution in [2.24, 2.45) is 5.11 Å². The maximum absolute atomic E-state index is 13.2. The highest BCUT2D eigenvalue weighted by molar-refractivity contribution is 5.91. The smallest absolute Gasteiger partial charge is 0.284 e. The zero-order chi connectivity index (χ0) is 14.0. The maximum atomic E-state index is 13.2. The maximum Gasteiger partial charge on any atom is 0.284 e. The van der Waals surface area contributed by atoms with Crippen molar-refractivity contribution in [1.82, 2.24) is 10.2 Å². The van der Waals surface area contributed by atoms with Gasteiger partial charge in [-0.2, -0.15) is 4.39 Å². The summed E-state index contributed by atoms with van der Waals surface area (Å²) in [6.07, 6.45) is -2.01. The van der Waals surface area contributed by atoms with E-state index in [9.17, 15) is 14.3 Å². The van der Waals surface area contributed by atoms with Crippen LogP contribution in [0.4, 0.5) is 4.39 Å². The molecule has 0 saturated carbocycles. The third-order valence-electron chi connectivity index (χ3n) is 2.94. The number of carbonyl (C=O) groups is 1. The molecule has 9 nitrogen and oxygen atoms in total. The van der Waals surface area contributed by atoms with Crippen molar-refractivity contribution in [2.75, 3.05) is 6.61 Å². The van der Waals surface area contributed by atoms with E-state index in [1.165, 1.54) is 0 Å². The molecule has 10 heteroatoms. The Hall–Kier alpha value is -1.87. The zero-order valence-corrected chi connectivity index (χ0v) is 9.68. The molecule has 1 fully saturated rings. The first-order chi connectivity index (χ1) is 9.06. The molecule has 19 heavy (non-hydrogen) atoms. The van der Waals surface area contributed by atoms with Crippen LogP contribution in [0.25, 0.3) is 10.4 Å². The fourth-order valence-corrected chi connectivity index (χ4v) is 2.01. The molecule has 0 aromatic carbocycles. The lowest BCUT2D eigenvalue weighted by molar-refractivity contribution is -0.144. The van der Waals surface area contributed by atoms with Crippen molar-refractivity contribution in [1.29, 1.82) is 0 Å². The lowest BCUT2D eigenvalue weighted by Gasteiger charge is -2.34. The van der Waals surface area contributed by atoms with E-state index in [2.05, 4.69) is 10.0 Å². The van der Waals surface area contributed by atoms with Gasteiger partial charge in [-0.05, 0) is 5.53 Å². The first-order valence-corrected chi connectivity index (χ1v) is 5.51. The number of nitrogens with one attached hydrogen (secondary N) is 1. The van der Waals surface area contributed by atoms with E-state index in [0.717, 1.165) is 11.1 Å². The van der Waals surface area contributed by atoms with Crippen LogP contribution >= 0.6 is 0 Å². The second-order valence-electron chi connectivity index (χ2n) is 4.09. The minimum Gasteiger partial charge on any atom is -0.394 e. The summed E-state index contributed by atoms with van der Waals surface area (Å²) in [6.45, 7) is -0.372. The fraction of sp³-hybridized carbons (Fsp3) is 0.667. The average Bonchev–Trinajstić information content (AvgIpc) is 2.77. The molecular formula is C9H12FN5O4. The Kier molecular flexibility index (Phi) is 3.86. The molecule has 3 N–H and O–H groups in total. The van der Waals surface area contributed by atoms with E-state index in [-0.39, 0.29) is 13.0 Å². The predicted octanol–water partition coefficient (Wildman–Crippen LogP) is -0.709. The number of halogens is 1. The molecule has 104 valence electrons. The Balaban J connectivity index is 2.15. The minimum absolute atomic E-state index is 0.159. The molecule has 1 amide bonds. The summed E-state index contributed by atoms with van der Waals surface area (Å²) in [5.41, 5.74) is 8.39. The number of azide groups is 1. The van der Waals surface area contributed by atoms with Crippen LogP contribution in [0.2, 0.25) is 0 Å². The first-order valence-electron chi connectivity index (χ1n) is 5.51. The summed E-state index contributed by atoms with van der Waals surface area (Å²) in [6, 6.07) is -0.624. The van der Waals surface area contributed by atoms with Gasteiger partial charge < -0.3 is 25.2 Å². The summed E-state index contributed by atoms with van der Waals surface area (Å²) >= 11 is 0. The summed E-state index contributed by atoms with van der Waals surface area (Å²) in [7, 11) is 0. The SMILES string of the molecule is [N-]=[N+]=NC1CC(N2C=C(F)C(=O)NC2O)OC1CO. The summed E-state index contributed by atoms with van der Waals surface area (Å²) in [5, 5.41) is 24.2. The van der Waals surface area contributed by atoms with Crippen LogP contribution in [0.5, 0.6) is 0 Å². The number of ether oxygens (including phenoxy) is 1. The zero-order valence-electron chi connectivity index (χ0n) is 9.68. The van der Waals surface area contributed by atoms with Gasteiger partial charge in [0.25, 0.3) is 5.91 Å². The van der Waals surface area contributed by atoms with Crippen molar-refractivity contribution in [3.05, 3.63) is 22.5 Å². The Morgan fingerprint density at radius 1 is 1.74 bits per heavy atom. The second kappa shape index (κ2) is 5.41. The van der Waals surface area contributed by atoms with Gasteiger partial charge in [-0.15, -0.1) is 0 Å². The summed E-state index contributed by atoms with van der Waals surface area (Å²) in [5.74, 6) is -2.09. The molecule has 0 radical (unpaired) electrons. The number of aliphatic hydroxyl groups excluding tert-OH is 2. The topological polar surface area (TPSA) is 131 Å². The second-order valence-corrected chi connectivity index (χ2v) is 4.09. The number of amides is 1. The lowest BCUT2D eigenvalue weighted by atomic mass is 10.1. The van der Waals surface area contributed by atoms with Crippen molar-refractivity contribution in [2.45, 2.75) is 31.1 Å². The molecule has 2 aliphatic heterocycles. The molecule has 2 aliphatic rings. The van der Waals surface area contributed by atoms with Crippen LogP contribution in [0.3, 0.4) is 0 Å². The molecule has 1 saturated heterocycles. The molecule has 0 spiro atoms. The van der Waals surface area contributed by atoms with Gasteiger partial charge in [-0.3, -0.25) is 4.79 Å². The van der Waals surface area contributed by atoms with Gasteiger partial charge in [0.05, 0.1) is 18.8 Å². The molecule has 0 aromatic heterocycles. The van der Waals surface area contributed by atoms with Crippen molar-refractivity contribution in [3.63, 3.8) is 0 Å². The normalized spacial score (nSPS) is 34.6. The first kappa shape index (κ1) is 13.6. The Labute approximate surface area is 106 Å². The number of rotatable bonds is 3. The molecular weight excluding hydrogens is 261 g/mol. The molecule has 0 aromatic rings. The van der Waals surface area contributed by atoms with Gasteiger partial charge in [0.15, 0.2) is 0 Å². The highest BCUT2D eigenvalue weighted by Crippen LogP contribution is 2.28. The third kappa shape index (κ3) is 2.61. The van der Waals surface area contributed by atoms with E-state index in [0.29, 0.717) is 0 Å². The molecule has 0 bridgehead atoms. The van der Waals surface area contributed by atoms with E-state index >= 15 is 0 Å². The van der Waals surface area contributed by atoms with E-state index in [1.807, 2.05) is 5.32 Å². The van der Waals surface area contributed by atoms with Crippen LogP contribution in [0, 0.1) is 0 Å². The summed E-state index contributed by atoms with van der Waals surface area (Å²) in [4.78, 5) is 14.6. The largest absolute Gasteiger partial charge is 0.394 e. The van der Waals surface area contributed by atoms with Crippen LogP contribution in [0.15, 0.2) is 17.1 Å². The predicted molar refractivity (Wildman–Crippen MR) is 58.5 cm³/mol. The van der Waals surface area contributed by atoms with Gasteiger partial charge in [0, 0.05) is 17.5 Å². The number of carbonyl (C=O) groups excluding carboxylic acids is 1. The van der Waals surface area contributed by atoms with Crippen molar-refractivity contribution in [3.8, 4) is 0 Å². The van der Waals surface area contributed by atoms with E-state index < -0.39 is 36.5 Å². The Morgan fingerprint density at radius 2 is 2.47 bits per heavy atom. The third-order valence-corrected chi connectivity index (χ3v) is 2.94. The average molecular weight is 273 g/mol. The number of hydrogen-bond acceptors (Lipinski definition) is 6. The van der Waals surface area contributed by atoms with Crippen LogP contribution in [-0.4, -0.2) is 52.4 Å². The Bertz CT molecular complexity index is 452. The van der Waals surface area contributed by atoms with Crippen molar-refractivity contribution >= 4 is 5.91 Å². The molecule has 4 unspecified atom stereocenters. The van der Waals surface area contributed by atoms with Gasteiger partial charge in [0.1, 0.15) is 6.23 Å². The van der Waals surface area contributed by atoms with Gasteiger partial charge >= 0.3 is 0 Å². The van der Waals surface area contributed by atoms with Gasteiger partial charge in [-0.25, -0.2) is 0 Å². The van der Waals surface area contributed by atoms with E-state index in [4.69, 9.17) is 15.4 Å². The molecule has 0 aliphatic carbocycles.